The summed E-state index contributed by atoms with van der Waals surface area (Å²) in [6.07, 6.45) is 0.339. The van der Waals surface area contributed by atoms with Crippen LogP contribution >= 0.6 is 0 Å². The van der Waals surface area contributed by atoms with Gasteiger partial charge in [-0.2, -0.15) is 0 Å². The Morgan fingerprint density at radius 2 is 1.76 bits per heavy atom. The molecular formula is C16H15NO3S. The van der Waals surface area contributed by atoms with E-state index in [0.717, 1.165) is 11.1 Å². The van der Waals surface area contributed by atoms with Gasteiger partial charge in [-0.25, -0.2) is 8.42 Å². The topological polar surface area (TPSA) is 66.7 Å². The van der Waals surface area contributed by atoms with Crippen molar-refractivity contribution < 1.29 is 13.6 Å². The number of hydrogen-bond acceptors (Lipinski definition) is 4. The van der Waals surface area contributed by atoms with E-state index in [1.54, 1.807) is 30.3 Å². The summed E-state index contributed by atoms with van der Waals surface area (Å²) in [5, 5.41) is 11.7. The van der Waals surface area contributed by atoms with Crippen LogP contribution in [0.1, 0.15) is 16.7 Å². The van der Waals surface area contributed by atoms with Gasteiger partial charge < -0.3 is 5.21 Å². The van der Waals surface area contributed by atoms with Crippen LogP contribution in [0.15, 0.2) is 58.6 Å². The monoisotopic (exact) mass is 301 g/mol. The summed E-state index contributed by atoms with van der Waals surface area (Å²) in [7, 11) is -3.58. The molecule has 4 nitrogen and oxygen atoms in total. The number of sulfone groups is 1. The number of oxime groups is 1. The second-order valence-electron chi connectivity index (χ2n) is 5.19. The first-order chi connectivity index (χ1) is 10.0. The van der Waals surface area contributed by atoms with E-state index in [-0.39, 0.29) is 10.6 Å². The molecule has 0 saturated heterocycles. The van der Waals surface area contributed by atoms with Crippen LogP contribution < -0.4 is 0 Å². The molecule has 1 unspecified atom stereocenters. The predicted octanol–water partition coefficient (Wildman–Crippen LogP) is 2.57. The Balaban J connectivity index is 2.07. The highest BCUT2D eigenvalue weighted by molar-refractivity contribution is 7.93. The van der Waals surface area contributed by atoms with Crippen molar-refractivity contribution in [2.24, 2.45) is 5.16 Å². The minimum Gasteiger partial charge on any atom is -0.411 e. The highest BCUT2D eigenvalue weighted by Crippen LogP contribution is 2.30. The van der Waals surface area contributed by atoms with Crippen molar-refractivity contribution in [2.75, 3.05) is 0 Å². The third-order valence-corrected chi connectivity index (χ3v) is 5.90. The standard InChI is InChI=1S/C16H15NO3S/c1-11-6-8-13(9-7-11)21(19,20)15-10-12-4-2-3-5-14(12)16(15)17-18/h2-9,15,18H,10H2,1H3/b17-16-. The molecule has 0 spiro atoms. The Kier molecular flexibility index (Phi) is 3.29. The Bertz CT molecular complexity index is 808. The Labute approximate surface area is 123 Å². The number of hydrogen-bond donors (Lipinski definition) is 1. The molecule has 0 saturated carbocycles. The van der Waals surface area contributed by atoms with E-state index >= 15 is 0 Å². The van der Waals surface area contributed by atoms with E-state index in [0.29, 0.717) is 12.0 Å². The molecule has 2 aromatic carbocycles. The summed E-state index contributed by atoms with van der Waals surface area (Å²) in [6.45, 7) is 1.91. The fourth-order valence-electron chi connectivity index (χ4n) is 2.69. The molecule has 21 heavy (non-hydrogen) atoms. The fourth-order valence-corrected chi connectivity index (χ4v) is 4.40. The molecule has 2 aromatic rings. The average Bonchev–Trinajstić information content (AvgIpc) is 2.87. The molecule has 0 heterocycles. The second kappa shape index (κ2) is 5.00. The lowest BCUT2D eigenvalue weighted by atomic mass is 10.1. The van der Waals surface area contributed by atoms with E-state index in [9.17, 15) is 13.6 Å². The maximum absolute atomic E-state index is 12.8. The molecule has 5 heteroatoms. The van der Waals surface area contributed by atoms with Crippen LogP contribution in [0.5, 0.6) is 0 Å². The minimum atomic E-state index is -3.58. The van der Waals surface area contributed by atoms with E-state index < -0.39 is 15.1 Å². The normalized spacial score (nSPS) is 19.7. The van der Waals surface area contributed by atoms with Gasteiger partial charge in [-0.1, -0.05) is 47.1 Å². The van der Waals surface area contributed by atoms with Crippen molar-refractivity contribution in [2.45, 2.75) is 23.5 Å². The van der Waals surface area contributed by atoms with Crippen molar-refractivity contribution in [3.63, 3.8) is 0 Å². The summed E-state index contributed by atoms with van der Waals surface area (Å²) in [6, 6.07) is 14.1. The molecule has 1 atom stereocenters. The SMILES string of the molecule is Cc1ccc(S(=O)(=O)C2Cc3ccccc3/C2=N/O)cc1. The average molecular weight is 301 g/mol. The molecule has 1 aliphatic carbocycles. The zero-order chi connectivity index (χ0) is 15.0. The molecule has 0 bridgehead atoms. The first-order valence-corrected chi connectivity index (χ1v) is 8.19. The van der Waals surface area contributed by atoms with Gasteiger partial charge in [-0.05, 0) is 31.0 Å². The Morgan fingerprint density at radius 1 is 1.10 bits per heavy atom. The van der Waals surface area contributed by atoms with Gasteiger partial charge in [-0.3, -0.25) is 0 Å². The van der Waals surface area contributed by atoms with Crippen LogP contribution in [-0.2, 0) is 16.3 Å². The molecule has 0 fully saturated rings. The van der Waals surface area contributed by atoms with Crippen LogP contribution in [0.3, 0.4) is 0 Å². The molecule has 3 rings (SSSR count). The zero-order valence-corrected chi connectivity index (χ0v) is 12.3. The van der Waals surface area contributed by atoms with E-state index in [4.69, 9.17) is 0 Å². The van der Waals surface area contributed by atoms with Crippen molar-refractivity contribution in [1.82, 2.24) is 0 Å². The smallest absolute Gasteiger partial charge is 0.187 e. The summed E-state index contributed by atoms with van der Waals surface area (Å²) < 4.78 is 25.6. The van der Waals surface area contributed by atoms with Gasteiger partial charge in [0.05, 0.1) is 4.90 Å². The lowest BCUT2D eigenvalue weighted by Gasteiger charge is -2.12. The first kappa shape index (κ1) is 13.8. The number of nitrogens with zero attached hydrogens (tertiary/aromatic N) is 1. The van der Waals surface area contributed by atoms with Gasteiger partial charge in [0.2, 0.25) is 0 Å². The Hall–Kier alpha value is -2.14. The van der Waals surface area contributed by atoms with E-state index in [2.05, 4.69) is 5.16 Å². The molecular weight excluding hydrogens is 286 g/mol. The molecule has 108 valence electrons. The van der Waals surface area contributed by atoms with Gasteiger partial charge in [0.1, 0.15) is 11.0 Å². The van der Waals surface area contributed by atoms with Gasteiger partial charge in [0.15, 0.2) is 9.84 Å². The van der Waals surface area contributed by atoms with Crippen LogP contribution in [-0.4, -0.2) is 24.6 Å². The molecule has 0 amide bonds. The molecule has 0 aromatic heterocycles. The highest BCUT2D eigenvalue weighted by Gasteiger charge is 2.39. The summed E-state index contributed by atoms with van der Waals surface area (Å²) in [4.78, 5) is 0.257. The van der Waals surface area contributed by atoms with Crippen molar-refractivity contribution in [3.8, 4) is 0 Å². The molecule has 1 N–H and O–H groups in total. The number of benzene rings is 2. The van der Waals surface area contributed by atoms with Crippen LogP contribution in [0.2, 0.25) is 0 Å². The van der Waals surface area contributed by atoms with Crippen LogP contribution in [0.25, 0.3) is 0 Å². The van der Waals surface area contributed by atoms with Gasteiger partial charge >= 0.3 is 0 Å². The van der Waals surface area contributed by atoms with Crippen molar-refractivity contribution >= 4 is 15.5 Å². The number of rotatable bonds is 2. The summed E-state index contributed by atoms with van der Waals surface area (Å²) >= 11 is 0. The predicted molar refractivity (Wildman–Crippen MR) is 80.6 cm³/mol. The van der Waals surface area contributed by atoms with E-state index in [1.165, 1.54) is 0 Å². The van der Waals surface area contributed by atoms with Crippen molar-refractivity contribution in [1.29, 1.82) is 0 Å². The summed E-state index contributed by atoms with van der Waals surface area (Å²) in [5.41, 5.74) is 2.83. The van der Waals surface area contributed by atoms with Crippen molar-refractivity contribution in [3.05, 3.63) is 65.2 Å². The molecule has 0 radical (unpaired) electrons. The lowest BCUT2D eigenvalue weighted by Crippen LogP contribution is -2.28. The number of aryl methyl sites for hydroxylation is 1. The number of fused-ring (bicyclic) bond motifs is 1. The largest absolute Gasteiger partial charge is 0.411 e. The van der Waals surface area contributed by atoms with Gasteiger partial charge in [-0.15, -0.1) is 0 Å². The zero-order valence-electron chi connectivity index (χ0n) is 11.5. The third-order valence-electron chi connectivity index (χ3n) is 3.84. The van der Waals surface area contributed by atoms with E-state index in [1.807, 2.05) is 25.1 Å². The lowest BCUT2D eigenvalue weighted by molar-refractivity contribution is 0.318. The van der Waals surface area contributed by atoms with Crippen LogP contribution in [0.4, 0.5) is 0 Å². The van der Waals surface area contributed by atoms with Crippen LogP contribution in [0, 0.1) is 6.92 Å². The minimum absolute atomic E-state index is 0.228. The quantitative estimate of drug-likeness (QED) is 0.685. The molecule has 0 aliphatic heterocycles. The second-order valence-corrected chi connectivity index (χ2v) is 7.32. The Morgan fingerprint density at radius 3 is 2.43 bits per heavy atom. The first-order valence-electron chi connectivity index (χ1n) is 6.65. The maximum atomic E-state index is 12.8. The summed E-state index contributed by atoms with van der Waals surface area (Å²) in [5.74, 6) is 0. The molecule has 1 aliphatic rings. The maximum Gasteiger partial charge on any atom is 0.187 e. The van der Waals surface area contributed by atoms with Gasteiger partial charge in [0, 0.05) is 5.56 Å². The highest BCUT2D eigenvalue weighted by atomic mass is 32.2. The van der Waals surface area contributed by atoms with Gasteiger partial charge in [0.25, 0.3) is 0 Å². The third kappa shape index (κ3) is 2.23. The fraction of sp³-hybridized carbons (Fsp3) is 0.188.